The Hall–Kier alpha value is -0.910. The van der Waals surface area contributed by atoms with Crippen LogP contribution in [0.1, 0.15) is 23.2 Å². The quantitative estimate of drug-likeness (QED) is 0.900. The third kappa shape index (κ3) is 3.84. The number of nitrogens with zero attached hydrogens (tertiary/aromatic N) is 2. The van der Waals surface area contributed by atoms with Gasteiger partial charge in [-0.15, -0.1) is 0 Å². The molecule has 0 aromatic heterocycles. The van der Waals surface area contributed by atoms with Crippen LogP contribution < -0.4 is 0 Å². The van der Waals surface area contributed by atoms with Crippen molar-refractivity contribution in [3.63, 3.8) is 0 Å². The van der Waals surface area contributed by atoms with E-state index in [2.05, 4.69) is 20.8 Å². The van der Waals surface area contributed by atoms with E-state index in [4.69, 9.17) is 0 Å². The van der Waals surface area contributed by atoms with Crippen LogP contribution >= 0.6 is 15.9 Å². The Morgan fingerprint density at radius 1 is 1.19 bits per heavy atom. The lowest BCUT2D eigenvalue weighted by Gasteiger charge is -2.35. The maximum Gasteiger partial charge on any atom is 0.253 e. The Bertz CT molecular complexity index is 494. The van der Waals surface area contributed by atoms with Crippen LogP contribution in [0.3, 0.4) is 0 Å². The fraction of sp³-hybridized carbons (Fsp3) is 0.562. The van der Waals surface area contributed by atoms with E-state index in [0.29, 0.717) is 5.92 Å². The molecule has 3 rings (SSSR count). The second kappa shape index (κ2) is 6.46. The molecule has 0 radical (unpaired) electrons. The summed E-state index contributed by atoms with van der Waals surface area (Å²) in [4.78, 5) is 16.6. The second-order valence-electron chi connectivity index (χ2n) is 6.00. The van der Waals surface area contributed by atoms with E-state index in [1.54, 1.807) is 0 Å². The molecule has 1 heterocycles. The molecule has 1 saturated carbocycles. The Morgan fingerprint density at radius 3 is 2.38 bits per heavy atom. The molecule has 0 unspecified atom stereocenters. The Morgan fingerprint density at radius 2 is 1.81 bits per heavy atom. The average Bonchev–Trinajstić information content (AvgIpc) is 3.33. The third-order valence-electron chi connectivity index (χ3n) is 4.36. The minimum Gasteiger partial charge on any atom is -0.392 e. The summed E-state index contributed by atoms with van der Waals surface area (Å²) in [6, 6.07) is 7.51. The van der Waals surface area contributed by atoms with Crippen molar-refractivity contribution in [2.75, 3.05) is 32.7 Å². The number of amides is 1. The van der Waals surface area contributed by atoms with Crippen LogP contribution in [0.4, 0.5) is 0 Å². The molecule has 1 N–H and O–H groups in total. The first-order valence-corrected chi connectivity index (χ1v) is 8.38. The van der Waals surface area contributed by atoms with Gasteiger partial charge in [0.2, 0.25) is 0 Å². The lowest BCUT2D eigenvalue weighted by molar-refractivity contribution is 0.0488. The van der Waals surface area contributed by atoms with E-state index < -0.39 is 0 Å². The van der Waals surface area contributed by atoms with Crippen LogP contribution in [0, 0.1) is 5.92 Å². The van der Waals surface area contributed by atoms with E-state index in [1.165, 1.54) is 12.8 Å². The van der Waals surface area contributed by atoms with Crippen LogP contribution in [0.15, 0.2) is 28.7 Å². The van der Waals surface area contributed by atoms with Crippen molar-refractivity contribution in [2.24, 2.45) is 5.92 Å². The molecule has 1 aliphatic carbocycles. The van der Waals surface area contributed by atoms with Gasteiger partial charge in [0.25, 0.3) is 5.91 Å². The SMILES string of the molecule is O=C(c1ccc(Br)cc1)N1CCN(C[C@@H](O)C2CC2)CC1. The van der Waals surface area contributed by atoms with Crippen LogP contribution in [0.5, 0.6) is 0 Å². The number of halogens is 1. The summed E-state index contributed by atoms with van der Waals surface area (Å²) < 4.78 is 0.984. The number of benzene rings is 1. The Kier molecular flexibility index (Phi) is 4.62. The fourth-order valence-corrected chi connectivity index (χ4v) is 3.07. The summed E-state index contributed by atoms with van der Waals surface area (Å²) in [5.74, 6) is 0.623. The van der Waals surface area contributed by atoms with Gasteiger partial charge in [0.15, 0.2) is 0 Å². The highest BCUT2D eigenvalue weighted by Gasteiger charge is 2.32. The van der Waals surface area contributed by atoms with Crippen molar-refractivity contribution in [3.8, 4) is 0 Å². The average molecular weight is 353 g/mol. The first-order chi connectivity index (χ1) is 10.1. The molecule has 1 aromatic rings. The molecule has 1 amide bonds. The van der Waals surface area contributed by atoms with E-state index in [-0.39, 0.29) is 12.0 Å². The number of carbonyl (C=O) groups excluding carboxylic acids is 1. The van der Waals surface area contributed by atoms with Crippen molar-refractivity contribution in [3.05, 3.63) is 34.3 Å². The monoisotopic (exact) mass is 352 g/mol. The number of piperazine rings is 1. The molecule has 2 fully saturated rings. The summed E-state index contributed by atoms with van der Waals surface area (Å²) in [6.45, 7) is 3.95. The molecular formula is C16H21BrN2O2. The Balaban J connectivity index is 1.50. The Labute approximate surface area is 133 Å². The van der Waals surface area contributed by atoms with Gasteiger partial charge in [-0.25, -0.2) is 0 Å². The van der Waals surface area contributed by atoms with Crippen LogP contribution in [-0.4, -0.2) is 59.6 Å². The van der Waals surface area contributed by atoms with Gasteiger partial charge in [-0.3, -0.25) is 9.69 Å². The maximum atomic E-state index is 12.4. The number of β-amino-alcohol motifs (C(OH)–C–C–N with tert-alkyl or cyclic N) is 1. The number of aliphatic hydroxyl groups excluding tert-OH is 1. The molecule has 114 valence electrons. The molecule has 5 heteroatoms. The summed E-state index contributed by atoms with van der Waals surface area (Å²) in [6.07, 6.45) is 2.16. The molecule has 2 aliphatic rings. The number of hydrogen-bond acceptors (Lipinski definition) is 3. The van der Waals surface area contributed by atoms with Crippen molar-refractivity contribution < 1.29 is 9.90 Å². The van der Waals surface area contributed by atoms with E-state index in [1.807, 2.05) is 29.2 Å². The van der Waals surface area contributed by atoms with Gasteiger partial charge in [-0.1, -0.05) is 15.9 Å². The maximum absolute atomic E-state index is 12.4. The van der Waals surface area contributed by atoms with Crippen LogP contribution in [0.2, 0.25) is 0 Å². The highest BCUT2D eigenvalue weighted by Crippen LogP contribution is 2.32. The molecule has 1 saturated heterocycles. The molecule has 21 heavy (non-hydrogen) atoms. The van der Waals surface area contributed by atoms with E-state index >= 15 is 0 Å². The van der Waals surface area contributed by atoms with Crippen LogP contribution in [-0.2, 0) is 0 Å². The van der Waals surface area contributed by atoms with E-state index in [9.17, 15) is 9.90 Å². The van der Waals surface area contributed by atoms with Gasteiger partial charge >= 0.3 is 0 Å². The van der Waals surface area contributed by atoms with Gasteiger partial charge < -0.3 is 10.0 Å². The highest BCUT2D eigenvalue weighted by atomic mass is 79.9. The zero-order valence-electron chi connectivity index (χ0n) is 12.0. The number of rotatable bonds is 4. The van der Waals surface area contributed by atoms with Gasteiger partial charge in [-0.05, 0) is 43.0 Å². The summed E-state index contributed by atoms with van der Waals surface area (Å²) in [5.41, 5.74) is 0.740. The topological polar surface area (TPSA) is 43.8 Å². The lowest BCUT2D eigenvalue weighted by atomic mass is 10.1. The normalized spacial score (nSPS) is 21.3. The first kappa shape index (κ1) is 15.0. The van der Waals surface area contributed by atoms with Gasteiger partial charge in [0.1, 0.15) is 0 Å². The molecule has 0 spiro atoms. The number of hydrogen-bond donors (Lipinski definition) is 1. The van der Waals surface area contributed by atoms with Gasteiger partial charge in [0, 0.05) is 42.8 Å². The van der Waals surface area contributed by atoms with Crippen LogP contribution in [0.25, 0.3) is 0 Å². The summed E-state index contributed by atoms with van der Waals surface area (Å²) in [5, 5.41) is 9.99. The van der Waals surface area contributed by atoms with E-state index in [0.717, 1.165) is 42.8 Å². The van der Waals surface area contributed by atoms with Gasteiger partial charge in [-0.2, -0.15) is 0 Å². The molecule has 1 aliphatic heterocycles. The largest absolute Gasteiger partial charge is 0.392 e. The zero-order chi connectivity index (χ0) is 14.8. The fourth-order valence-electron chi connectivity index (χ4n) is 2.80. The minimum absolute atomic E-state index is 0.102. The molecule has 1 aromatic carbocycles. The molecular weight excluding hydrogens is 332 g/mol. The predicted molar refractivity (Wildman–Crippen MR) is 85.2 cm³/mol. The highest BCUT2D eigenvalue weighted by molar-refractivity contribution is 9.10. The van der Waals surface area contributed by atoms with Crippen molar-refractivity contribution in [1.82, 2.24) is 9.80 Å². The number of carbonyl (C=O) groups is 1. The second-order valence-corrected chi connectivity index (χ2v) is 6.92. The molecule has 1 atom stereocenters. The minimum atomic E-state index is -0.182. The first-order valence-electron chi connectivity index (χ1n) is 7.59. The predicted octanol–water partition coefficient (Wildman–Crippen LogP) is 1.98. The molecule has 4 nitrogen and oxygen atoms in total. The summed E-state index contributed by atoms with van der Waals surface area (Å²) in [7, 11) is 0. The lowest BCUT2D eigenvalue weighted by Crippen LogP contribution is -2.50. The zero-order valence-corrected chi connectivity index (χ0v) is 13.6. The standard InChI is InChI=1S/C16H21BrN2O2/c17-14-5-3-13(4-6-14)16(21)19-9-7-18(8-10-19)11-15(20)12-1-2-12/h3-6,12,15,20H,1-2,7-11H2/t15-/m1/s1. The molecule has 0 bridgehead atoms. The summed E-state index contributed by atoms with van der Waals surface area (Å²) >= 11 is 3.38. The number of aliphatic hydroxyl groups is 1. The van der Waals surface area contributed by atoms with Crippen molar-refractivity contribution in [2.45, 2.75) is 18.9 Å². The third-order valence-corrected chi connectivity index (χ3v) is 4.89. The van der Waals surface area contributed by atoms with Crippen molar-refractivity contribution >= 4 is 21.8 Å². The smallest absolute Gasteiger partial charge is 0.253 e. The van der Waals surface area contributed by atoms with Crippen molar-refractivity contribution in [1.29, 1.82) is 0 Å². The van der Waals surface area contributed by atoms with Gasteiger partial charge in [0.05, 0.1) is 6.10 Å².